The van der Waals surface area contributed by atoms with E-state index in [1.807, 2.05) is 6.92 Å². The fourth-order valence-electron chi connectivity index (χ4n) is 4.83. The van der Waals surface area contributed by atoms with E-state index in [1.165, 1.54) is 50.5 Å². The molecule has 0 aliphatic carbocycles. The summed E-state index contributed by atoms with van der Waals surface area (Å²) in [6.07, 6.45) is 5.30. The molecule has 3 N–H and O–H groups in total. The van der Waals surface area contributed by atoms with Crippen LogP contribution in [0.15, 0.2) is 5.16 Å². The number of rotatable bonds is 5. The molecule has 3 aliphatic rings. The summed E-state index contributed by atoms with van der Waals surface area (Å²) < 4.78 is 0. The molecule has 2 bridgehead atoms. The SMILES string of the molecule is Cc1nc(SCC(=O)NC[C@H]2[C@@H]3CNC[C@@H](C3)[C@@H]3CCCCN32)n[nH]1. The monoisotopic (exact) mass is 364 g/mol. The first-order valence-electron chi connectivity index (χ1n) is 9.45. The maximum atomic E-state index is 12.3. The summed E-state index contributed by atoms with van der Waals surface area (Å²) in [4.78, 5) is 19.2. The fraction of sp³-hybridized carbons (Fsp3) is 0.824. The van der Waals surface area contributed by atoms with E-state index in [2.05, 4.69) is 30.7 Å². The van der Waals surface area contributed by atoms with Gasteiger partial charge in [-0.1, -0.05) is 18.2 Å². The van der Waals surface area contributed by atoms with Crippen molar-refractivity contribution in [1.29, 1.82) is 0 Å². The van der Waals surface area contributed by atoms with Gasteiger partial charge in [0.05, 0.1) is 5.75 Å². The molecule has 3 aliphatic heterocycles. The van der Waals surface area contributed by atoms with Crippen LogP contribution in [0.3, 0.4) is 0 Å². The van der Waals surface area contributed by atoms with E-state index in [9.17, 15) is 4.79 Å². The first-order chi connectivity index (χ1) is 12.2. The summed E-state index contributed by atoms with van der Waals surface area (Å²) in [6.45, 7) is 6.08. The Bertz CT molecular complexity index is 608. The van der Waals surface area contributed by atoms with Crippen LogP contribution in [0.25, 0.3) is 0 Å². The normalized spacial score (nSPS) is 32.2. The highest BCUT2D eigenvalue weighted by Gasteiger charge is 2.45. The average Bonchev–Trinajstić information content (AvgIpc) is 3.05. The van der Waals surface area contributed by atoms with Crippen molar-refractivity contribution in [1.82, 2.24) is 30.7 Å². The third kappa shape index (κ3) is 3.85. The Balaban J connectivity index is 1.31. The summed E-state index contributed by atoms with van der Waals surface area (Å²) in [5.41, 5.74) is 0. The first-order valence-corrected chi connectivity index (χ1v) is 10.4. The second kappa shape index (κ2) is 7.63. The zero-order chi connectivity index (χ0) is 17.2. The second-order valence-corrected chi connectivity index (χ2v) is 8.52. The van der Waals surface area contributed by atoms with E-state index in [1.54, 1.807) is 0 Å². The number of aromatic nitrogens is 3. The van der Waals surface area contributed by atoms with E-state index in [0.717, 1.165) is 24.8 Å². The number of nitrogens with one attached hydrogen (secondary N) is 3. The number of nitrogens with zero attached hydrogens (tertiary/aromatic N) is 3. The number of aryl methyl sites for hydroxylation is 1. The molecule has 1 amide bonds. The minimum absolute atomic E-state index is 0.0758. The van der Waals surface area contributed by atoms with Crippen molar-refractivity contribution in [2.45, 2.75) is 49.8 Å². The number of H-pyrrole nitrogens is 1. The van der Waals surface area contributed by atoms with Gasteiger partial charge in [-0.2, -0.15) is 0 Å². The molecule has 0 saturated carbocycles. The van der Waals surface area contributed by atoms with Crippen LogP contribution in [0.1, 0.15) is 31.5 Å². The molecule has 3 saturated heterocycles. The van der Waals surface area contributed by atoms with Gasteiger partial charge in [0.1, 0.15) is 5.82 Å². The van der Waals surface area contributed by atoms with Crippen molar-refractivity contribution in [2.75, 3.05) is 31.9 Å². The third-order valence-corrected chi connectivity index (χ3v) is 6.79. The van der Waals surface area contributed by atoms with Gasteiger partial charge in [0.2, 0.25) is 11.1 Å². The number of carbonyl (C=O) groups excluding carboxylic acids is 1. The molecule has 4 heterocycles. The van der Waals surface area contributed by atoms with E-state index >= 15 is 0 Å². The molecule has 4 rings (SSSR count). The Hall–Kier alpha value is -1.12. The number of aromatic amines is 1. The Kier molecular flexibility index (Phi) is 5.28. The highest BCUT2D eigenvalue weighted by Crippen LogP contribution is 2.38. The molecule has 138 valence electrons. The Morgan fingerprint density at radius 1 is 1.36 bits per heavy atom. The molecule has 3 fully saturated rings. The maximum absolute atomic E-state index is 12.3. The lowest BCUT2D eigenvalue weighted by Crippen LogP contribution is -2.65. The molecular weight excluding hydrogens is 336 g/mol. The number of piperidine rings is 3. The number of hydrogen-bond acceptors (Lipinski definition) is 6. The topological polar surface area (TPSA) is 85.9 Å². The smallest absolute Gasteiger partial charge is 0.230 e. The van der Waals surface area contributed by atoms with Gasteiger partial charge in [-0.05, 0) is 57.7 Å². The second-order valence-electron chi connectivity index (χ2n) is 7.58. The first kappa shape index (κ1) is 17.3. The molecule has 25 heavy (non-hydrogen) atoms. The van der Waals surface area contributed by atoms with Crippen molar-refractivity contribution in [3.8, 4) is 0 Å². The Morgan fingerprint density at radius 3 is 3.08 bits per heavy atom. The number of hydrogen-bond donors (Lipinski definition) is 3. The van der Waals surface area contributed by atoms with Crippen LogP contribution in [0.4, 0.5) is 0 Å². The molecule has 0 unspecified atom stereocenters. The van der Waals surface area contributed by atoms with Gasteiger partial charge in [-0.3, -0.25) is 14.8 Å². The summed E-state index contributed by atoms with van der Waals surface area (Å²) in [5, 5.41) is 14.3. The quantitative estimate of drug-likeness (QED) is 0.670. The summed E-state index contributed by atoms with van der Waals surface area (Å²) in [5.74, 6) is 2.69. The van der Waals surface area contributed by atoms with Gasteiger partial charge in [0, 0.05) is 18.6 Å². The van der Waals surface area contributed by atoms with E-state index in [4.69, 9.17) is 0 Å². The molecule has 1 aromatic rings. The van der Waals surface area contributed by atoms with Crippen molar-refractivity contribution in [3.63, 3.8) is 0 Å². The predicted molar refractivity (Wildman–Crippen MR) is 97.5 cm³/mol. The van der Waals surface area contributed by atoms with Crippen LogP contribution >= 0.6 is 11.8 Å². The zero-order valence-corrected chi connectivity index (χ0v) is 15.6. The van der Waals surface area contributed by atoms with Crippen LogP contribution in [0, 0.1) is 18.8 Å². The number of fused-ring (bicyclic) bond motifs is 4. The number of thioether (sulfide) groups is 1. The van der Waals surface area contributed by atoms with Crippen LogP contribution in [0.2, 0.25) is 0 Å². The lowest BCUT2D eigenvalue weighted by Gasteiger charge is -2.55. The zero-order valence-electron chi connectivity index (χ0n) is 14.8. The Labute approximate surface area is 153 Å². The minimum atomic E-state index is 0.0758. The largest absolute Gasteiger partial charge is 0.354 e. The van der Waals surface area contributed by atoms with Gasteiger partial charge >= 0.3 is 0 Å². The highest BCUT2D eigenvalue weighted by atomic mass is 32.2. The fourth-order valence-corrected chi connectivity index (χ4v) is 5.51. The lowest BCUT2D eigenvalue weighted by molar-refractivity contribution is -0.119. The van der Waals surface area contributed by atoms with Crippen LogP contribution < -0.4 is 10.6 Å². The van der Waals surface area contributed by atoms with Crippen LogP contribution in [-0.2, 0) is 4.79 Å². The van der Waals surface area contributed by atoms with Gasteiger partial charge in [-0.15, -0.1) is 5.10 Å². The van der Waals surface area contributed by atoms with Crippen molar-refractivity contribution in [3.05, 3.63) is 5.82 Å². The molecule has 0 aromatic carbocycles. The average molecular weight is 365 g/mol. The Morgan fingerprint density at radius 2 is 2.24 bits per heavy atom. The minimum Gasteiger partial charge on any atom is -0.354 e. The lowest BCUT2D eigenvalue weighted by atomic mass is 9.73. The van der Waals surface area contributed by atoms with E-state index < -0.39 is 0 Å². The molecule has 0 spiro atoms. The molecule has 7 nitrogen and oxygen atoms in total. The molecule has 0 radical (unpaired) electrons. The molecular formula is C17H28N6OS. The van der Waals surface area contributed by atoms with E-state index in [0.29, 0.717) is 28.9 Å². The maximum Gasteiger partial charge on any atom is 0.230 e. The van der Waals surface area contributed by atoms with Crippen LogP contribution in [0.5, 0.6) is 0 Å². The molecule has 1 aromatic heterocycles. The van der Waals surface area contributed by atoms with Crippen molar-refractivity contribution >= 4 is 17.7 Å². The predicted octanol–water partition coefficient (Wildman–Crippen LogP) is 0.784. The summed E-state index contributed by atoms with van der Waals surface area (Å²) in [6, 6.07) is 1.19. The highest BCUT2D eigenvalue weighted by molar-refractivity contribution is 7.99. The third-order valence-electron chi connectivity index (χ3n) is 5.94. The number of carbonyl (C=O) groups is 1. The molecule has 8 heteroatoms. The number of amides is 1. The summed E-state index contributed by atoms with van der Waals surface area (Å²) in [7, 11) is 0. The van der Waals surface area contributed by atoms with E-state index in [-0.39, 0.29) is 5.91 Å². The van der Waals surface area contributed by atoms with Crippen molar-refractivity contribution in [2.24, 2.45) is 11.8 Å². The molecule has 4 atom stereocenters. The van der Waals surface area contributed by atoms with Gasteiger partial charge < -0.3 is 10.6 Å². The van der Waals surface area contributed by atoms with Gasteiger partial charge in [0.25, 0.3) is 0 Å². The van der Waals surface area contributed by atoms with Crippen LogP contribution in [-0.4, -0.2) is 70.0 Å². The van der Waals surface area contributed by atoms with Gasteiger partial charge in [0.15, 0.2) is 0 Å². The standard InChI is InChI=1S/C17H28N6OS/c1-11-20-17(22-21-11)25-10-16(24)19-9-15-13-6-12(7-18-8-13)14-4-2-3-5-23(14)15/h12-15,18H,2-10H2,1H3,(H,19,24)(H,20,21,22)/t12-,13+,14+,15+/m1/s1. The van der Waals surface area contributed by atoms with Crippen molar-refractivity contribution < 1.29 is 4.79 Å². The van der Waals surface area contributed by atoms with Gasteiger partial charge in [-0.25, -0.2) is 4.98 Å². The summed E-state index contributed by atoms with van der Waals surface area (Å²) >= 11 is 1.39.